The summed E-state index contributed by atoms with van der Waals surface area (Å²) in [7, 11) is 1.26. The summed E-state index contributed by atoms with van der Waals surface area (Å²) in [6, 6.07) is -0.816. The van der Waals surface area contributed by atoms with E-state index < -0.39 is 20.0 Å². The molecule has 2 N–H and O–H groups in total. The average molecular weight is 681 g/mol. The van der Waals surface area contributed by atoms with Gasteiger partial charge in [-0.2, -0.15) is 0 Å². The van der Waals surface area contributed by atoms with Crippen molar-refractivity contribution >= 4 is 13.7 Å². The SMILES string of the molecule is CC/C=C\C/C=C\C/C=C\C/C=C\C/C=C\CCCCCC(=O)NC(COP(=O)([O-])OCC[N+](C)(C)C)C(O)CCCCCCCC. The Morgan fingerprint density at radius 1 is 0.766 bits per heavy atom. The number of hydrogen-bond acceptors (Lipinski definition) is 6. The van der Waals surface area contributed by atoms with Crippen LogP contribution in [0.3, 0.4) is 0 Å². The van der Waals surface area contributed by atoms with Crippen molar-refractivity contribution < 1.29 is 32.9 Å². The van der Waals surface area contributed by atoms with Gasteiger partial charge >= 0.3 is 0 Å². The van der Waals surface area contributed by atoms with Crippen LogP contribution in [0.15, 0.2) is 60.8 Å². The number of amides is 1. The molecule has 0 aromatic rings. The highest BCUT2D eigenvalue weighted by Gasteiger charge is 2.24. The Morgan fingerprint density at radius 3 is 1.87 bits per heavy atom. The summed E-state index contributed by atoms with van der Waals surface area (Å²) >= 11 is 0. The first-order valence-corrected chi connectivity index (χ1v) is 19.6. The highest BCUT2D eigenvalue weighted by molar-refractivity contribution is 7.45. The molecule has 0 fully saturated rings. The Morgan fingerprint density at radius 2 is 1.30 bits per heavy atom. The van der Waals surface area contributed by atoms with Gasteiger partial charge in [0.05, 0.1) is 39.9 Å². The van der Waals surface area contributed by atoms with Crippen LogP contribution < -0.4 is 10.2 Å². The summed E-state index contributed by atoms with van der Waals surface area (Å²) < 4.78 is 23.0. The fourth-order valence-electron chi connectivity index (χ4n) is 4.59. The molecule has 0 saturated heterocycles. The van der Waals surface area contributed by atoms with Crippen molar-refractivity contribution in [3.8, 4) is 0 Å². The van der Waals surface area contributed by atoms with E-state index in [9.17, 15) is 19.4 Å². The number of hydrogen-bond donors (Lipinski definition) is 2. The first-order valence-electron chi connectivity index (χ1n) is 18.1. The third-order valence-electron chi connectivity index (χ3n) is 7.52. The van der Waals surface area contributed by atoms with Crippen LogP contribution >= 0.6 is 7.82 Å². The van der Waals surface area contributed by atoms with E-state index in [1.807, 2.05) is 21.1 Å². The summed E-state index contributed by atoms with van der Waals surface area (Å²) in [5, 5.41) is 13.6. The highest BCUT2D eigenvalue weighted by Crippen LogP contribution is 2.38. The predicted molar refractivity (Wildman–Crippen MR) is 196 cm³/mol. The molecule has 0 bridgehead atoms. The molecule has 0 aliphatic heterocycles. The maximum absolute atomic E-state index is 12.7. The average Bonchev–Trinajstić information content (AvgIpc) is 3.01. The summed E-state index contributed by atoms with van der Waals surface area (Å²) in [4.78, 5) is 25.0. The van der Waals surface area contributed by atoms with Gasteiger partial charge in [-0.25, -0.2) is 0 Å². The maximum atomic E-state index is 12.7. The van der Waals surface area contributed by atoms with Gasteiger partial charge in [-0.05, 0) is 57.8 Å². The fraction of sp³-hybridized carbons (Fsp3) is 0.711. The van der Waals surface area contributed by atoms with E-state index in [4.69, 9.17) is 9.05 Å². The zero-order valence-electron chi connectivity index (χ0n) is 30.5. The third-order valence-corrected chi connectivity index (χ3v) is 8.48. The summed E-state index contributed by atoms with van der Waals surface area (Å²) in [5.74, 6) is -0.206. The van der Waals surface area contributed by atoms with Crippen molar-refractivity contribution in [2.24, 2.45) is 0 Å². The molecule has 272 valence electrons. The Balaban J connectivity index is 4.41. The summed E-state index contributed by atoms with van der Waals surface area (Å²) in [6.07, 6.45) is 36.8. The van der Waals surface area contributed by atoms with E-state index in [0.29, 0.717) is 23.9 Å². The smallest absolute Gasteiger partial charge is 0.268 e. The number of carbonyl (C=O) groups excluding carboxylic acids is 1. The minimum absolute atomic E-state index is 0.00123. The molecule has 0 saturated carbocycles. The lowest BCUT2D eigenvalue weighted by Crippen LogP contribution is -2.46. The number of quaternary nitrogens is 1. The number of unbranched alkanes of at least 4 members (excludes halogenated alkanes) is 8. The van der Waals surface area contributed by atoms with Crippen LogP contribution in [0.2, 0.25) is 0 Å². The number of rotatable bonds is 31. The summed E-state index contributed by atoms with van der Waals surface area (Å²) in [5.41, 5.74) is 0. The lowest BCUT2D eigenvalue weighted by atomic mass is 10.0. The van der Waals surface area contributed by atoms with Gasteiger partial charge in [0.2, 0.25) is 5.91 Å². The zero-order chi connectivity index (χ0) is 35.1. The standard InChI is InChI=1S/C38H69N2O6P/c1-6-8-10-12-14-15-16-17-18-19-20-21-22-23-24-25-26-28-30-32-38(42)39-36(37(41)31-29-27-13-11-9-7-2)35-46-47(43,44)45-34-33-40(3,4)5/h8,10,14-15,17-18,20-21,23-24,36-37,41H,6-7,9,11-13,16,19,22,25-35H2,1-5H3,(H-,39,42,43,44)/b10-8-,15-14-,18-17-,21-20-,24-23-. The van der Waals surface area contributed by atoms with Crippen molar-refractivity contribution in [2.75, 3.05) is 40.9 Å². The quantitative estimate of drug-likeness (QED) is 0.0329. The highest BCUT2D eigenvalue weighted by atomic mass is 31.2. The van der Waals surface area contributed by atoms with Gasteiger partial charge in [0.15, 0.2) is 0 Å². The van der Waals surface area contributed by atoms with Crippen LogP contribution in [0.25, 0.3) is 0 Å². The molecule has 0 rings (SSSR count). The molecule has 0 heterocycles. The molecular weight excluding hydrogens is 611 g/mol. The first-order chi connectivity index (χ1) is 22.5. The Labute approximate surface area is 288 Å². The van der Waals surface area contributed by atoms with Gasteiger partial charge in [-0.15, -0.1) is 0 Å². The topological polar surface area (TPSA) is 108 Å². The van der Waals surface area contributed by atoms with Crippen LogP contribution in [-0.2, 0) is 18.4 Å². The zero-order valence-corrected chi connectivity index (χ0v) is 31.3. The van der Waals surface area contributed by atoms with Gasteiger partial charge in [-0.3, -0.25) is 9.36 Å². The molecule has 0 spiro atoms. The molecule has 0 aliphatic carbocycles. The minimum atomic E-state index is -4.56. The molecular formula is C38H69N2O6P. The number of allylic oxidation sites excluding steroid dienone is 10. The van der Waals surface area contributed by atoms with E-state index in [0.717, 1.165) is 77.0 Å². The Hall–Kier alpha value is -1.80. The van der Waals surface area contributed by atoms with Crippen LogP contribution in [-0.4, -0.2) is 68.5 Å². The van der Waals surface area contributed by atoms with Crippen LogP contribution in [0.4, 0.5) is 0 Å². The lowest BCUT2D eigenvalue weighted by Gasteiger charge is -2.30. The number of aliphatic hydroxyl groups is 1. The van der Waals surface area contributed by atoms with Crippen molar-refractivity contribution in [2.45, 2.75) is 135 Å². The molecule has 0 aromatic heterocycles. The van der Waals surface area contributed by atoms with Gasteiger partial charge in [-0.1, -0.05) is 120 Å². The first kappa shape index (κ1) is 45.2. The van der Waals surface area contributed by atoms with Crippen molar-refractivity contribution in [1.82, 2.24) is 5.32 Å². The van der Waals surface area contributed by atoms with Crippen molar-refractivity contribution in [3.63, 3.8) is 0 Å². The molecule has 0 aliphatic rings. The molecule has 0 radical (unpaired) electrons. The van der Waals surface area contributed by atoms with Crippen molar-refractivity contribution in [1.29, 1.82) is 0 Å². The minimum Gasteiger partial charge on any atom is -0.756 e. The molecule has 0 aromatic carbocycles. The molecule has 3 unspecified atom stereocenters. The monoisotopic (exact) mass is 680 g/mol. The number of carbonyl (C=O) groups is 1. The number of phosphoric ester groups is 1. The largest absolute Gasteiger partial charge is 0.756 e. The van der Waals surface area contributed by atoms with E-state index in [1.54, 1.807) is 0 Å². The van der Waals surface area contributed by atoms with Gasteiger partial charge in [0.1, 0.15) is 13.2 Å². The maximum Gasteiger partial charge on any atom is 0.268 e. The number of nitrogens with one attached hydrogen (secondary N) is 1. The van der Waals surface area contributed by atoms with E-state index in [-0.39, 0.29) is 19.1 Å². The number of phosphoric acid groups is 1. The second-order valence-corrected chi connectivity index (χ2v) is 14.6. The van der Waals surface area contributed by atoms with Gasteiger partial charge in [0.25, 0.3) is 7.82 Å². The third kappa shape index (κ3) is 32.5. The van der Waals surface area contributed by atoms with E-state index in [2.05, 4.69) is 79.9 Å². The van der Waals surface area contributed by atoms with Crippen LogP contribution in [0.1, 0.15) is 123 Å². The number of aliphatic hydroxyl groups excluding tert-OH is 1. The Bertz CT molecular complexity index is 954. The van der Waals surface area contributed by atoms with E-state index >= 15 is 0 Å². The van der Waals surface area contributed by atoms with Gasteiger partial charge < -0.3 is 28.8 Å². The van der Waals surface area contributed by atoms with Crippen molar-refractivity contribution in [3.05, 3.63) is 60.8 Å². The summed E-state index contributed by atoms with van der Waals surface area (Å²) in [6.45, 7) is 4.46. The fourth-order valence-corrected chi connectivity index (χ4v) is 5.31. The normalized spacial score (nSPS) is 15.5. The second-order valence-electron chi connectivity index (χ2n) is 13.2. The molecule has 1 amide bonds. The molecule has 8 nitrogen and oxygen atoms in total. The van der Waals surface area contributed by atoms with Crippen LogP contribution in [0, 0.1) is 0 Å². The second kappa shape index (κ2) is 30.3. The lowest BCUT2D eigenvalue weighted by molar-refractivity contribution is -0.870. The molecule has 3 atom stereocenters. The van der Waals surface area contributed by atoms with Gasteiger partial charge in [0, 0.05) is 6.42 Å². The Kier molecular flexibility index (Phi) is 29.1. The number of nitrogens with zero attached hydrogens (tertiary/aromatic N) is 1. The van der Waals surface area contributed by atoms with Crippen LogP contribution in [0.5, 0.6) is 0 Å². The van der Waals surface area contributed by atoms with E-state index in [1.165, 1.54) is 19.3 Å². The molecule has 9 heteroatoms. The number of likely N-dealkylation sites (N-methyl/N-ethyl adjacent to an activating group) is 1. The molecule has 47 heavy (non-hydrogen) atoms. The predicted octanol–water partition coefficient (Wildman–Crippen LogP) is 8.49.